The molecule has 0 bridgehead atoms. The van der Waals surface area contributed by atoms with Crippen molar-refractivity contribution in [3.8, 4) is 0 Å². The van der Waals surface area contributed by atoms with E-state index in [0.717, 1.165) is 30.2 Å². The molecular weight excluding hydrogens is 299 g/mol. The fraction of sp³-hybridized carbons (Fsp3) is 0.571. The zero-order chi connectivity index (χ0) is 13.2. The highest BCUT2D eigenvalue weighted by Crippen LogP contribution is 2.37. The molecule has 2 rings (SSSR count). The van der Waals surface area contributed by atoms with Gasteiger partial charge in [0.1, 0.15) is 5.82 Å². The van der Waals surface area contributed by atoms with Crippen LogP contribution in [-0.2, 0) is 11.2 Å². The van der Waals surface area contributed by atoms with Crippen molar-refractivity contribution >= 4 is 15.9 Å². The molecule has 1 aromatic carbocycles. The maximum Gasteiger partial charge on any atom is 0.126 e. The van der Waals surface area contributed by atoms with Gasteiger partial charge in [-0.1, -0.05) is 28.8 Å². The first-order valence-electron chi connectivity index (χ1n) is 6.24. The van der Waals surface area contributed by atoms with Crippen molar-refractivity contribution in [3.05, 3.63) is 34.1 Å². The third-order valence-electron chi connectivity index (χ3n) is 3.88. The maximum absolute atomic E-state index is 13.7. The van der Waals surface area contributed by atoms with Crippen LogP contribution in [0.5, 0.6) is 0 Å². The van der Waals surface area contributed by atoms with Crippen molar-refractivity contribution in [2.24, 2.45) is 0 Å². The molecule has 18 heavy (non-hydrogen) atoms. The fourth-order valence-electron chi connectivity index (χ4n) is 2.74. The second-order valence-corrected chi connectivity index (χ2v) is 5.85. The molecule has 0 radical (unpaired) electrons. The van der Waals surface area contributed by atoms with Gasteiger partial charge in [0.25, 0.3) is 0 Å². The molecule has 1 saturated carbocycles. The Hall–Kier alpha value is -0.450. The third-order valence-corrected chi connectivity index (χ3v) is 4.38. The van der Waals surface area contributed by atoms with Gasteiger partial charge in [-0.2, -0.15) is 0 Å². The van der Waals surface area contributed by atoms with Crippen molar-refractivity contribution in [1.29, 1.82) is 0 Å². The van der Waals surface area contributed by atoms with E-state index in [1.807, 2.05) is 0 Å². The van der Waals surface area contributed by atoms with E-state index in [-0.39, 0.29) is 5.82 Å². The minimum Gasteiger partial charge on any atom is -0.390 e. The molecule has 1 aromatic rings. The topological polar surface area (TPSA) is 29.5 Å². The largest absolute Gasteiger partial charge is 0.390 e. The van der Waals surface area contributed by atoms with E-state index < -0.39 is 11.7 Å². The molecule has 1 N–H and O–H groups in total. The summed E-state index contributed by atoms with van der Waals surface area (Å²) in [5.74, 6) is -0.276. The number of rotatable bonds is 4. The molecule has 0 spiro atoms. The minimum atomic E-state index is -0.659. The molecule has 4 heteroatoms. The lowest BCUT2D eigenvalue weighted by Crippen LogP contribution is -2.43. The molecule has 1 fully saturated rings. The summed E-state index contributed by atoms with van der Waals surface area (Å²) in [6.07, 6.45) is 3.45. The quantitative estimate of drug-likeness (QED) is 0.922. The van der Waals surface area contributed by atoms with Crippen molar-refractivity contribution in [3.63, 3.8) is 0 Å². The standard InChI is InChI=1S/C14H18BrFO2/c1-18-14(6-2-3-7-14)13(17)9-10-8-11(15)4-5-12(10)16/h4-5,8,13,17H,2-3,6-7,9H2,1H3. The molecule has 1 aliphatic carbocycles. The van der Waals surface area contributed by atoms with Crippen LogP contribution in [0, 0.1) is 5.82 Å². The van der Waals surface area contributed by atoms with E-state index in [1.165, 1.54) is 6.07 Å². The SMILES string of the molecule is COC1(C(O)Cc2cc(Br)ccc2F)CCCC1. The Kier molecular flexibility index (Phi) is 4.41. The van der Waals surface area contributed by atoms with E-state index in [2.05, 4.69) is 15.9 Å². The van der Waals surface area contributed by atoms with Gasteiger partial charge >= 0.3 is 0 Å². The molecule has 0 aliphatic heterocycles. The number of benzene rings is 1. The van der Waals surface area contributed by atoms with Crippen LogP contribution < -0.4 is 0 Å². The Morgan fingerprint density at radius 2 is 2.11 bits per heavy atom. The Labute approximate surface area is 115 Å². The van der Waals surface area contributed by atoms with Gasteiger partial charge < -0.3 is 9.84 Å². The number of aliphatic hydroxyl groups excluding tert-OH is 1. The molecule has 0 saturated heterocycles. The average Bonchev–Trinajstić information content (AvgIpc) is 2.84. The molecule has 0 amide bonds. The summed E-state index contributed by atoms with van der Waals surface area (Å²) in [7, 11) is 1.63. The van der Waals surface area contributed by atoms with Gasteiger partial charge in [-0.15, -0.1) is 0 Å². The van der Waals surface area contributed by atoms with Crippen LogP contribution in [0.15, 0.2) is 22.7 Å². The van der Waals surface area contributed by atoms with Crippen LogP contribution in [0.25, 0.3) is 0 Å². The lowest BCUT2D eigenvalue weighted by Gasteiger charge is -2.33. The number of hydrogen-bond donors (Lipinski definition) is 1. The second kappa shape index (κ2) is 5.68. The molecule has 0 aromatic heterocycles. The number of aliphatic hydroxyl groups is 1. The van der Waals surface area contributed by atoms with Crippen molar-refractivity contribution in [2.45, 2.75) is 43.8 Å². The van der Waals surface area contributed by atoms with E-state index in [4.69, 9.17) is 4.74 Å². The van der Waals surface area contributed by atoms with Gasteiger partial charge in [-0.25, -0.2) is 4.39 Å². The predicted octanol–water partition coefficient (Wildman–Crippen LogP) is 3.45. The zero-order valence-corrected chi connectivity index (χ0v) is 12.0. The van der Waals surface area contributed by atoms with E-state index >= 15 is 0 Å². The minimum absolute atomic E-state index is 0.276. The number of hydrogen-bond acceptors (Lipinski definition) is 2. The normalized spacial score (nSPS) is 20.0. The van der Waals surface area contributed by atoms with Gasteiger partial charge in [-0.05, 0) is 36.6 Å². The highest BCUT2D eigenvalue weighted by atomic mass is 79.9. The van der Waals surface area contributed by atoms with Crippen molar-refractivity contribution in [2.75, 3.05) is 7.11 Å². The van der Waals surface area contributed by atoms with Crippen LogP contribution in [0.1, 0.15) is 31.2 Å². The highest BCUT2D eigenvalue weighted by molar-refractivity contribution is 9.10. The van der Waals surface area contributed by atoms with Crippen LogP contribution >= 0.6 is 15.9 Å². The summed E-state index contributed by atoms with van der Waals surface area (Å²) in [5.41, 5.74) is 0.0367. The zero-order valence-electron chi connectivity index (χ0n) is 10.5. The second-order valence-electron chi connectivity index (χ2n) is 4.93. The Balaban J connectivity index is 2.15. The summed E-state index contributed by atoms with van der Waals surface area (Å²) in [6, 6.07) is 4.80. The van der Waals surface area contributed by atoms with Crippen LogP contribution in [0.3, 0.4) is 0 Å². The first-order valence-corrected chi connectivity index (χ1v) is 7.04. The Bertz CT molecular complexity index is 416. The van der Waals surface area contributed by atoms with Gasteiger partial charge in [0.2, 0.25) is 0 Å². The highest BCUT2D eigenvalue weighted by Gasteiger charge is 2.40. The first kappa shape index (κ1) is 14.0. The molecule has 100 valence electrons. The van der Waals surface area contributed by atoms with Crippen LogP contribution in [0.4, 0.5) is 4.39 Å². The number of halogens is 2. The summed E-state index contributed by atoms with van der Waals surface area (Å²) in [4.78, 5) is 0. The van der Waals surface area contributed by atoms with Gasteiger partial charge in [0, 0.05) is 18.0 Å². The molecular formula is C14H18BrFO2. The summed E-state index contributed by atoms with van der Waals surface area (Å²) in [6.45, 7) is 0. The lowest BCUT2D eigenvalue weighted by atomic mass is 9.89. The van der Waals surface area contributed by atoms with E-state index in [0.29, 0.717) is 12.0 Å². The van der Waals surface area contributed by atoms with E-state index in [9.17, 15) is 9.50 Å². The molecule has 1 aliphatic rings. The molecule has 1 unspecified atom stereocenters. The maximum atomic E-state index is 13.7. The monoisotopic (exact) mass is 316 g/mol. The Morgan fingerprint density at radius 3 is 2.72 bits per heavy atom. The fourth-order valence-corrected chi connectivity index (χ4v) is 3.15. The average molecular weight is 317 g/mol. The van der Waals surface area contributed by atoms with Crippen LogP contribution in [0.2, 0.25) is 0 Å². The molecule has 2 nitrogen and oxygen atoms in total. The summed E-state index contributed by atoms with van der Waals surface area (Å²) < 4.78 is 20.0. The smallest absolute Gasteiger partial charge is 0.126 e. The lowest BCUT2D eigenvalue weighted by molar-refractivity contribution is -0.0973. The first-order chi connectivity index (χ1) is 8.57. The van der Waals surface area contributed by atoms with Gasteiger partial charge in [-0.3, -0.25) is 0 Å². The summed E-state index contributed by atoms with van der Waals surface area (Å²) >= 11 is 3.32. The van der Waals surface area contributed by atoms with Gasteiger partial charge in [0.15, 0.2) is 0 Å². The van der Waals surface area contributed by atoms with E-state index in [1.54, 1.807) is 19.2 Å². The number of ether oxygens (including phenoxy) is 1. The van der Waals surface area contributed by atoms with Crippen LogP contribution in [-0.4, -0.2) is 23.9 Å². The Morgan fingerprint density at radius 1 is 1.44 bits per heavy atom. The number of methoxy groups -OCH3 is 1. The third kappa shape index (κ3) is 2.76. The molecule has 1 atom stereocenters. The predicted molar refractivity (Wildman–Crippen MR) is 72.0 cm³/mol. The molecule has 0 heterocycles. The summed E-state index contributed by atoms with van der Waals surface area (Å²) in [5, 5.41) is 10.4. The van der Waals surface area contributed by atoms with Crippen molar-refractivity contribution in [1.82, 2.24) is 0 Å². The van der Waals surface area contributed by atoms with Crippen molar-refractivity contribution < 1.29 is 14.2 Å². The van der Waals surface area contributed by atoms with Gasteiger partial charge in [0.05, 0.1) is 11.7 Å².